The summed E-state index contributed by atoms with van der Waals surface area (Å²) in [7, 11) is 0. The predicted octanol–water partition coefficient (Wildman–Crippen LogP) is 2.62. The largest absolute Gasteiger partial charge is 0.484 e. The van der Waals surface area contributed by atoms with Crippen LogP contribution in [0.25, 0.3) is 0 Å². The molecular weight excluding hydrogens is 218 g/mol. The second-order valence-electron chi connectivity index (χ2n) is 3.90. The molecule has 1 N–H and O–H groups in total. The van der Waals surface area contributed by atoms with Crippen molar-refractivity contribution in [2.75, 3.05) is 0 Å². The molecule has 4 nitrogen and oxygen atoms in total. The van der Waals surface area contributed by atoms with Crippen molar-refractivity contribution >= 4 is 0 Å². The lowest BCUT2D eigenvalue weighted by Crippen LogP contribution is -1.97. The van der Waals surface area contributed by atoms with Gasteiger partial charge in [-0.1, -0.05) is 12.1 Å². The molecule has 1 aromatic carbocycles. The number of aliphatic hydroxyl groups is 1. The molecule has 1 heterocycles. The molecule has 1 unspecified atom stereocenters. The molecule has 4 heteroatoms. The maximum absolute atomic E-state index is 9.45. The van der Waals surface area contributed by atoms with Gasteiger partial charge in [-0.05, 0) is 31.5 Å². The predicted molar refractivity (Wildman–Crippen MR) is 62.6 cm³/mol. The van der Waals surface area contributed by atoms with Gasteiger partial charge in [0.25, 0.3) is 0 Å². The minimum absolute atomic E-state index is 0.289. The van der Waals surface area contributed by atoms with E-state index in [0.717, 1.165) is 11.3 Å². The van der Waals surface area contributed by atoms with Gasteiger partial charge in [0.2, 0.25) is 5.89 Å². The molecule has 1 aromatic heterocycles. The molecular formula is C13H15NO3. The second kappa shape index (κ2) is 5.01. The Hall–Kier alpha value is -1.81. The SMILES string of the molecule is Cc1cnc(COc2cccc(C(C)O)c2)o1. The quantitative estimate of drug-likeness (QED) is 0.881. The molecule has 0 aliphatic heterocycles. The fourth-order valence-corrected chi connectivity index (χ4v) is 1.48. The van der Waals surface area contributed by atoms with Crippen molar-refractivity contribution < 1.29 is 14.3 Å². The van der Waals surface area contributed by atoms with E-state index in [1.807, 2.05) is 25.1 Å². The molecule has 0 saturated carbocycles. The molecule has 0 bridgehead atoms. The highest BCUT2D eigenvalue weighted by Crippen LogP contribution is 2.19. The van der Waals surface area contributed by atoms with Gasteiger partial charge in [-0.3, -0.25) is 0 Å². The molecule has 0 spiro atoms. The average Bonchev–Trinajstić information content (AvgIpc) is 2.73. The second-order valence-corrected chi connectivity index (χ2v) is 3.90. The van der Waals surface area contributed by atoms with Crippen molar-refractivity contribution in [1.82, 2.24) is 4.98 Å². The maximum Gasteiger partial charge on any atom is 0.232 e. The van der Waals surface area contributed by atoms with Gasteiger partial charge in [-0.25, -0.2) is 4.98 Å². The molecule has 0 saturated heterocycles. The van der Waals surface area contributed by atoms with Gasteiger partial charge >= 0.3 is 0 Å². The van der Waals surface area contributed by atoms with Crippen LogP contribution in [0.5, 0.6) is 5.75 Å². The summed E-state index contributed by atoms with van der Waals surface area (Å²) in [5.74, 6) is 2.01. The topological polar surface area (TPSA) is 55.5 Å². The van der Waals surface area contributed by atoms with Gasteiger partial charge in [0.1, 0.15) is 11.5 Å². The summed E-state index contributed by atoms with van der Waals surface area (Å²) in [4.78, 5) is 4.05. The van der Waals surface area contributed by atoms with E-state index in [2.05, 4.69) is 4.98 Å². The van der Waals surface area contributed by atoms with Gasteiger partial charge in [0, 0.05) is 0 Å². The molecule has 1 atom stereocenters. The van der Waals surface area contributed by atoms with E-state index in [-0.39, 0.29) is 6.61 Å². The Morgan fingerprint density at radius 3 is 2.94 bits per heavy atom. The number of aliphatic hydroxyl groups excluding tert-OH is 1. The van der Waals surface area contributed by atoms with Crippen LogP contribution < -0.4 is 4.74 Å². The van der Waals surface area contributed by atoms with Gasteiger partial charge in [0.15, 0.2) is 6.61 Å². The normalized spacial score (nSPS) is 12.4. The van der Waals surface area contributed by atoms with Crippen LogP contribution in [0.1, 0.15) is 30.2 Å². The minimum Gasteiger partial charge on any atom is -0.484 e. The number of nitrogens with zero attached hydrogens (tertiary/aromatic N) is 1. The number of rotatable bonds is 4. The summed E-state index contributed by atoms with van der Waals surface area (Å²) < 4.78 is 10.8. The van der Waals surface area contributed by atoms with E-state index in [4.69, 9.17) is 9.15 Å². The van der Waals surface area contributed by atoms with E-state index in [9.17, 15) is 5.11 Å². The smallest absolute Gasteiger partial charge is 0.232 e. The summed E-state index contributed by atoms with van der Waals surface area (Å²) in [5, 5.41) is 9.45. The van der Waals surface area contributed by atoms with E-state index in [0.29, 0.717) is 11.6 Å². The summed E-state index contributed by atoms with van der Waals surface area (Å²) >= 11 is 0. The number of hydrogen-bond donors (Lipinski definition) is 1. The number of aryl methyl sites for hydroxylation is 1. The van der Waals surface area contributed by atoms with Crippen molar-refractivity contribution in [2.24, 2.45) is 0 Å². The van der Waals surface area contributed by atoms with Gasteiger partial charge < -0.3 is 14.3 Å². The highest BCUT2D eigenvalue weighted by Gasteiger charge is 2.04. The molecule has 2 rings (SSSR count). The summed E-state index contributed by atoms with van der Waals surface area (Å²) in [6, 6.07) is 7.34. The Labute approximate surface area is 99.9 Å². The Morgan fingerprint density at radius 2 is 2.29 bits per heavy atom. The zero-order valence-electron chi connectivity index (χ0n) is 9.88. The monoisotopic (exact) mass is 233 g/mol. The fraction of sp³-hybridized carbons (Fsp3) is 0.308. The summed E-state index contributed by atoms with van der Waals surface area (Å²) in [5.41, 5.74) is 0.825. The van der Waals surface area contributed by atoms with E-state index in [1.165, 1.54) is 0 Å². The van der Waals surface area contributed by atoms with E-state index in [1.54, 1.807) is 19.2 Å². The van der Waals surface area contributed by atoms with Crippen molar-refractivity contribution in [2.45, 2.75) is 26.6 Å². The number of aromatic nitrogens is 1. The van der Waals surface area contributed by atoms with Gasteiger partial charge in [0.05, 0.1) is 12.3 Å². The highest BCUT2D eigenvalue weighted by molar-refractivity contribution is 5.29. The van der Waals surface area contributed by atoms with Crippen LogP contribution >= 0.6 is 0 Å². The van der Waals surface area contributed by atoms with Crippen molar-refractivity contribution in [3.63, 3.8) is 0 Å². The average molecular weight is 233 g/mol. The van der Waals surface area contributed by atoms with Crippen LogP contribution in [-0.4, -0.2) is 10.1 Å². The standard InChI is InChI=1S/C13H15NO3/c1-9-7-14-13(17-9)8-16-12-5-3-4-11(6-12)10(2)15/h3-7,10,15H,8H2,1-2H3. The molecule has 2 aromatic rings. The fourth-order valence-electron chi connectivity index (χ4n) is 1.48. The molecule has 0 radical (unpaired) electrons. The third-order valence-corrected chi connectivity index (χ3v) is 2.37. The summed E-state index contributed by atoms with van der Waals surface area (Å²) in [6.07, 6.45) is 1.16. The molecule has 90 valence electrons. The van der Waals surface area contributed by atoms with Crippen LogP contribution in [0.3, 0.4) is 0 Å². The third kappa shape index (κ3) is 3.07. The zero-order valence-corrected chi connectivity index (χ0v) is 9.88. The Morgan fingerprint density at radius 1 is 1.47 bits per heavy atom. The Bertz CT molecular complexity index is 491. The third-order valence-electron chi connectivity index (χ3n) is 2.37. The lowest BCUT2D eigenvalue weighted by molar-refractivity contribution is 0.198. The highest BCUT2D eigenvalue weighted by atomic mass is 16.5. The van der Waals surface area contributed by atoms with E-state index >= 15 is 0 Å². The zero-order chi connectivity index (χ0) is 12.3. The Kier molecular flexibility index (Phi) is 3.44. The van der Waals surface area contributed by atoms with Crippen LogP contribution in [0.4, 0.5) is 0 Å². The maximum atomic E-state index is 9.45. The number of hydrogen-bond acceptors (Lipinski definition) is 4. The number of benzene rings is 1. The number of ether oxygens (including phenoxy) is 1. The van der Waals surface area contributed by atoms with E-state index < -0.39 is 6.10 Å². The lowest BCUT2D eigenvalue weighted by Gasteiger charge is -2.08. The molecule has 0 aliphatic carbocycles. The van der Waals surface area contributed by atoms with Crippen LogP contribution in [0.2, 0.25) is 0 Å². The molecule has 17 heavy (non-hydrogen) atoms. The van der Waals surface area contributed by atoms with Crippen LogP contribution in [0, 0.1) is 6.92 Å². The van der Waals surface area contributed by atoms with Crippen molar-refractivity contribution in [1.29, 1.82) is 0 Å². The van der Waals surface area contributed by atoms with Crippen molar-refractivity contribution in [3.8, 4) is 5.75 Å². The first-order valence-electron chi connectivity index (χ1n) is 5.47. The van der Waals surface area contributed by atoms with Crippen LogP contribution in [0.15, 0.2) is 34.9 Å². The summed E-state index contributed by atoms with van der Waals surface area (Å²) in [6.45, 7) is 3.85. The number of oxazole rings is 1. The Balaban J connectivity index is 2.01. The first-order chi connectivity index (χ1) is 8.15. The van der Waals surface area contributed by atoms with Gasteiger partial charge in [-0.15, -0.1) is 0 Å². The van der Waals surface area contributed by atoms with Crippen LogP contribution in [-0.2, 0) is 6.61 Å². The molecule has 0 aliphatic rings. The molecule has 0 fully saturated rings. The first kappa shape index (κ1) is 11.7. The van der Waals surface area contributed by atoms with Crippen molar-refractivity contribution in [3.05, 3.63) is 47.7 Å². The molecule has 0 amide bonds. The minimum atomic E-state index is -0.498. The lowest BCUT2D eigenvalue weighted by atomic mass is 10.1. The first-order valence-corrected chi connectivity index (χ1v) is 5.47. The van der Waals surface area contributed by atoms with Gasteiger partial charge in [-0.2, -0.15) is 0 Å².